The number of aliphatic imine (C=N–C) groups is 1. The predicted octanol–water partition coefficient (Wildman–Crippen LogP) is 1.71. The molecular formula is C12H17N3. The number of allylic oxidation sites excluding steroid dienone is 1. The number of nitrogens with two attached hydrogens (primary N) is 2. The van der Waals surface area contributed by atoms with Crippen molar-refractivity contribution in [3.05, 3.63) is 41.6 Å². The summed E-state index contributed by atoms with van der Waals surface area (Å²) in [4.78, 5) is 3.95. The Morgan fingerprint density at radius 3 is 2.73 bits per heavy atom. The first-order chi connectivity index (χ1) is 7.19. The molecule has 0 aromatic heterocycles. The average Bonchev–Trinajstić information content (AvgIpc) is 2.26. The molecule has 0 heterocycles. The minimum absolute atomic E-state index is 0.0301. The highest BCUT2D eigenvalue weighted by atomic mass is 14.6. The molecule has 1 aromatic rings. The van der Waals surface area contributed by atoms with Crippen LogP contribution >= 0.6 is 0 Å². The van der Waals surface area contributed by atoms with E-state index in [0.717, 1.165) is 16.7 Å². The van der Waals surface area contributed by atoms with Crippen LogP contribution in [0.25, 0.3) is 5.57 Å². The molecule has 3 heteroatoms. The Morgan fingerprint density at radius 1 is 1.47 bits per heavy atom. The van der Waals surface area contributed by atoms with Crippen LogP contribution in [0.15, 0.2) is 35.5 Å². The maximum absolute atomic E-state index is 5.81. The van der Waals surface area contributed by atoms with E-state index in [1.807, 2.05) is 31.2 Å². The van der Waals surface area contributed by atoms with Gasteiger partial charge in [0.25, 0.3) is 0 Å². The van der Waals surface area contributed by atoms with E-state index in [1.54, 1.807) is 19.5 Å². The van der Waals surface area contributed by atoms with Gasteiger partial charge in [-0.05, 0) is 24.1 Å². The van der Waals surface area contributed by atoms with Gasteiger partial charge >= 0.3 is 0 Å². The molecule has 0 aliphatic carbocycles. The number of rotatable bonds is 3. The molecule has 0 radical (unpaired) electrons. The number of hydrogen-bond donors (Lipinski definition) is 2. The maximum Gasteiger partial charge on any atom is 0.0301 e. The molecule has 0 amide bonds. The van der Waals surface area contributed by atoms with Crippen LogP contribution in [0.3, 0.4) is 0 Å². The lowest BCUT2D eigenvalue weighted by atomic mass is 10.0. The molecule has 1 atom stereocenters. The molecule has 80 valence electrons. The fourth-order valence-corrected chi connectivity index (χ4v) is 1.35. The van der Waals surface area contributed by atoms with E-state index >= 15 is 0 Å². The average molecular weight is 203 g/mol. The standard InChI is InChI=1S/C12H17N3/c1-9(14)10-4-3-5-11(6-10)12(7-13)8-15-2/h3-9H,13-14H2,1-2H3/t9-/m0/s1. The summed E-state index contributed by atoms with van der Waals surface area (Å²) in [6, 6.07) is 8.03. The summed E-state index contributed by atoms with van der Waals surface area (Å²) in [6.07, 6.45) is 3.29. The highest BCUT2D eigenvalue weighted by Gasteiger charge is 2.02. The van der Waals surface area contributed by atoms with E-state index in [1.165, 1.54) is 0 Å². The zero-order valence-electron chi connectivity index (χ0n) is 9.14. The predicted molar refractivity (Wildman–Crippen MR) is 65.6 cm³/mol. The van der Waals surface area contributed by atoms with Gasteiger partial charge < -0.3 is 11.5 Å². The molecule has 0 saturated heterocycles. The third-order valence-electron chi connectivity index (χ3n) is 2.19. The first-order valence-electron chi connectivity index (χ1n) is 4.89. The Hall–Kier alpha value is -1.61. The molecule has 3 nitrogen and oxygen atoms in total. The van der Waals surface area contributed by atoms with Gasteiger partial charge in [0.2, 0.25) is 0 Å². The maximum atomic E-state index is 5.81. The second-order valence-corrected chi connectivity index (χ2v) is 3.42. The van der Waals surface area contributed by atoms with Gasteiger partial charge in [-0.15, -0.1) is 0 Å². The molecule has 0 saturated carbocycles. The molecule has 1 rings (SSSR count). The minimum Gasteiger partial charge on any atom is -0.404 e. The molecule has 0 aliphatic rings. The number of nitrogens with zero attached hydrogens (tertiary/aromatic N) is 1. The van der Waals surface area contributed by atoms with Gasteiger partial charge in [0.1, 0.15) is 0 Å². The molecule has 0 fully saturated rings. The van der Waals surface area contributed by atoms with Crippen LogP contribution < -0.4 is 11.5 Å². The summed E-state index contributed by atoms with van der Waals surface area (Å²) in [7, 11) is 1.72. The summed E-state index contributed by atoms with van der Waals surface area (Å²) >= 11 is 0. The van der Waals surface area contributed by atoms with Crippen molar-refractivity contribution in [2.45, 2.75) is 13.0 Å². The number of benzene rings is 1. The zero-order chi connectivity index (χ0) is 11.3. The summed E-state index contributed by atoms with van der Waals surface area (Å²) in [5.41, 5.74) is 14.4. The molecule has 0 bridgehead atoms. The van der Waals surface area contributed by atoms with Crippen LogP contribution in [-0.4, -0.2) is 13.3 Å². The van der Waals surface area contributed by atoms with E-state index in [4.69, 9.17) is 11.5 Å². The van der Waals surface area contributed by atoms with E-state index in [2.05, 4.69) is 4.99 Å². The Kier molecular flexibility index (Phi) is 4.06. The SMILES string of the molecule is CN=CC(=CN)c1cccc([C@H](C)N)c1. The second-order valence-electron chi connectivity index (χ2n) is 3.42. The van der Waals surface area contributed by atoms with E-state index < -0.39 is 0 Å². The highest BCUT2D eigenvalue weighted by Crippen LogP contribution is 2.17. The van der Waals surface area contributed by atoms with Gasteiger partial charge in [-0.3, -0.25) is 4.99 Å². The van der Waals surface area contributed by atoms with Crippen molar-refractivity contribution in [3.63, 3.8) is 0 Å². The summed E-state index contributed by atoms with van der Waals surface area (Å²) in [6.45, 7) is 1.96. The molecule has 1 aromatic carbocycles. The van der Waals surface area contributed by atoms with Crippen LogP contribution in [-0.2, 0) is 0 Å². The Morgan fingerprint density at radius 2 is 2.20 bits per heavy atom. The van der Waals surface area contributed by atoms with Crippen molar-refractivity contribution in [3.8, 4) is 0 Å². The van der Waals surface area contributed by atoms with Crippen molar-refractivity contribution in [1.82, 2.24) is 0 Å². The normalized spacial score (nSPS) is 14.5. The van der Waals surface area contributed by atoms with Crippen LogP contribution in [0.2, 0.25) is 0 Å². The fraction of sp³-hybridized carbons (Fsp3) is 0.250. The molecule has 4 N–H and O–H groups in total. The number of hydrogen-bond acceptors (Lipinski definition) is 3. The fourth-order valence-electron chi connectivity index (χ4n) is 1.35. The largest absolute Gasteiger partial charge is 0.404 e. The third kappa shape index (κ3) is 2.92. The third-order valence-corrected chi connectivity index (χ3v) is 2.19. The molecular weight excluding hydrogens is 186 g/mol. The van der Waals surface area contributed by atoms with Gasteiger partial charge in [-0.1, -0.05) is 18.2 Å². The highest BCUT2D eigenvalue weighted by molar-refractivity contribution is 6.09. The first-order valence-corrected chi connectivity index (χ1v) is 4.89. The van der Waals surface area contributed by atoms with Crippen LogP contribution in [0.1, 0.15) is 24.1 Å². The molecule has 15 heavy (non-hydrogen) atoms. The van der Waals surface area contributed by atoms with Crippen LogP contribution in [0.5, 0.6) is 0 Å². The lowest BCUT2D eigenvalue weighted by Gasteiger charge is -2.08. The summed E-state index contributed by atoms with van der Waals surface area (Å²) in [5.74, 6) is 0. The van der Waals surface area contributed by atoms with Gasteiger partial charge in [-0.2, -0.15) is 0 Å². The van der Waals surface area contributed by atoms with Crippen LogP contribution in [0.4, 0.5) is 0 Å². The van der Waals surface area contributed by atoms with Crippen LogP contribution in [0, 0.1) is 0 Å². The van der Waals surface area contributed by atoms with E-state index in [-0.39, 0.29) is 6.04 Å². The van der Waals surface area contributed by atoms with Gasteiger partial charge in [0.15, 0.2) is 0 Å². The molecule has 0 spiro atoms. The van der Waals surface area contributed by atoms with E-state index in [9.17, 15) is 0 Å². The second kappa shape index (κ2) is 5.32. The topological polar surface area (TPSA) is 64.4 Å². The molecule has 0 unspecified atom stereocenters. The Bertz CT molecular complexity index is 378. The van der Waals surface area contributed by atoms with Crippen molar-refractivity contribution < 1.29 is 0 Å². The van der Waals surface area contributed by atoms with Crippen molar-refractivity contribution in [2.24, 2.45) is 16.5 Å². The zero-order valence-corrected chi connectivity index (χ0v) is 9.14. The van der Waals surface area contributed by atoms with Gasteiger partial charge in [-0.25, -0.2) is 0 Å². The smallest absolute Gasteiger partial charge is 0.0301 e. The van der Waals surface area contributed by atoms with Crippen molar-refractivity contribution in [2.75, 3.05) is 7.05 Å². The Labute approximate surface area is 90.5 Å². The van der Waals surface area contributed by atoms with Crippen molar-refractivity contribution in [1.29, 1.82) is 0 Å². The first kappa shape index (κ1) is 11.5. The summed E-state index contributed by atoms with van der Waals surface area (Å²) in [5, 5.41) is 0. The van der Waals surface area contributed by atoms with Gasteiger partial charge in [0, 0.05) is 31.1 Å². The lowest BCUT2D eigenvalue weighted by Crippen LogP contribution is -2.05. The minimum atomic E-state index is 0.0301. The quantitative estimate of drug-likeness (QED) is 0.734. The van der Waals surface area contributed by atoms with E-state index in [0.29, 0.717) is 0 Å². The van der Waals surface area contributed by atoms with Gasteiger partial charge in [0.05, 0.1) is 0 Å². The Balaban J connectivity index is 3.09. The van der Waals surface area contributed by atoms with Crippen molar-refractivity contribution >= 4 is 11.8 Å². The monoisotopic (exact) mass is 203 g/mol. The lowest BCUT2D eigenvalue weighted by molar-refractivity contribution is 0.818. The molecule has 0 aliphatic heterocycles. The summed E-state index contributed by atoms with van der Waals surface area (Å²) < 4.78 is 0.